The van der Waals surface area contributed by atoms with Crippen molar-refractivity contribution in [2.45, 2.75) is 32.6 Å². The smallest absolute Gasteiger partial charge is 0.308 e. The molecule has 2 aromatic carbocycles. The van der Waals surface area contributed by atoms with Gasteiger partial charge in [0.15, 0.2) is 0 Å². The van der Waals surface area contributed by atoms with Crippen LogP contribution in [0.2, 0.25) is 0 Å². The van der Waals surface area contributed by atoms with Gasteiger partial charge in [-0.15, -0.1) is 0 Å². The highest BCUT2D eigenvalue weighted by molar-refractivity contribution is 5.94. The molecule has 170 valence electrons. The highest BCUT2D eigenvalue weighted by atomic mass is 16.5. The standard InChI is InChI=1S/C25H30N2O5/c1-18(28)32-22-8-5-7-21(16-22)25(30)26-17-19-12-14-27(15-13-19)24(29)11-10-20-6-3-4-9-23(20)31-2/h3-9,16,19H,10-15,17H2,1-2H3,(H,26,30). The van der Waals surface area contributed by atoms with E-state index in [4.69, 9.17) is 9.47 Å². The number of likely N-dealkylation sites (tertiary alicyclic amines) is 1. The van der Waals surface area contributed by atoms with Crippen LogP contribution in [0.4, 0.5) is 0 Å². The fourth-order valence-corrected chi connectivity index (χ4v) is 3.90. The van der Waals surface area contributed by atoms with Gasteiger partial charge in [-0.05, 0) is 55.0 Å². The number of nitrogens with zero attached hydrogens (tertiary/aromatic N) is 1. The van der Waals surface area contributed by atoms with E-state index in [1.807, 2.05) is 29.2 Å². The van der Waals surface area contributed by atoms with E-state index in [1.54, 1.807) is 31.4 Å². The number of rotatable bonds is 8. The summed E-state index contributed by atoms with van der Waals surface area (Å²) in [4.78, 5) is 38.1. The molecule has 0 spiro atoms. The number of nitrogens with one attached hydrogen (secondary N) is 1. The molecule has 7 nitrogen and oxygen atoms in total. The summed E-state index contributed by atoms with van der Waals surface area (Å²) < 4.78 is 10.4. The van der Waals surface area contributed by atoms with Crippen molar-refractivity contribution < 1.29 is 23.9 Å². The van der Waals surface area contributed by atoms with E-state index < -0.39 is 5.97 Å². The van der Waals surface area contributed by atoms with Gasteiger partial charge >= 0.3 is 5.97 Å². The van der Waals surface area contributed by atoms with Gasteiger partial charge in [-0.1, -0.05) is 24.3 Å². The molecule has 1 aliphatic rings. The Balaban J connectivity index is 1.41. The number of hydrogen-bond acceptors (Lipinski definition) is 5. The summed E-state index contributed by atoms with van der Waals surface area (Å²) in [5.74, 6) is 1.02. The van der Waals surface area contributed by atoms with Crippen molar-refractivity contribution >= 4 is 17.8 Å². The molecule has 0 unspecified atom stereocenters. The van der Waals surface area contributed by atoms with Crippen molar-refractivity contribution in [2.75, 3.05) is 26.7 Å². The lowest BCUT2D eigenvalue weighted by molar-refractivity contribution is -0.133. The zero-order valence-corrected chi connectivity index (χ0v) is 18.6. The largest absolute Gasteiger partial charge is 0.496 e. The zero-order valence-electron chi connectivity index (χ0n) is 18.6. The van der Waals surface area contributed by atoms with Crippen LogP contribution in [0.3, 0.4) is 0 Å². The minimum absolute atomic E-state index is 0.153. The molecule has 1 aliphatic heterocycles. The van der Waals surface area contributed by atoms with Gasteiger partial charge in [0.25, 0.3) is 5.91 Å². The van der Waals surface area contributed by atoms with Crippen LogP contribution in [-0.2, 0) is 16.0 Å². The van der Waals surface area contributed by atoms with Crippen LogP contribution in [-0.4, -0.2) is 49.4 Å². The molecule has 1 heterocycles. The number of aryl methyl sites for hydroxylation is 1. The maximum absolute atomic E-state index is 12.6. The molecule has 0 aliphatic carbocycles. The van der Waals surface area contributed by atoms with Crippen LogP contribution in [0.5, 0.6) is 11.5 Å². The molecular weight excluding hydrogens is 408 g/mol. The molecule has 0 radical (unpaired) electrons. The average molecular weight is 439 g/mol. The van der Waals surface area contributed by atoms with Crippen molar-refractivity contribution in [3.63, 3.8) is 0 Å². The molecule has 0 bridgehead atoms. The van der Waals surface area contributed by atoms with Gasteiger partial charge in [-0.3, -0.25) is 14.4 Å². The molecule has 0 aromatic heterocycles. The van der Waals surface area contributed by atoms with E-state index in [1.165, 1.54) is 6.92 Å². The van der Waals surface area contributed by atoms with Crippen LogP contribution in [0.1, 0.15) is 42.1 Å². The van der Waals surface area contributed by atoms with Gasteiger partial charge in [-0.2, -0.15) is 0 Å². The second kappa shape index (κ2) is 11.3. The molecule has 32 heavy (non-hydrogen) atoms. The molecule has 7 heteroatoms. The van der Waals surface area contributed by atoms with Gasteiger partial charge in [0, 0.05) is 38.5 Å². The molecule has 1 N–H and O–H groups in total. The summed E-state index contributed by atoms with van der Waals surface area (Å²) in [5, 5.41) is 2.96. The molecule has 1 fully saturated rings. The number of carbonyl (C=O) groups excluding carboxylic acids is 3. The Kier molecular flexibility index (Phi) is 8.25. The minimum Gasteiger partial charge on any atom is -0.496 e. The average Bonchev–Trinajstić information content (AvgIpc) is 2.81. The summed E-state index contributed by atoms with van der Waals surface area (Å²) in [6, 6.07) is 14.3. The van der Waals surface area contributed by atoms with Crippen LogP contribution in [0.25, 0.3) is 0 Å². The number of ether oxygens (including phenoxy) is 2. The Labute approximate surface area is 188 Å². The molecular formula is C25H30N2O5. The van der Waals surface area contributed by atoms with E-state index in [9.17, 15) is 14.4 Å². The third-order valence-electron chi connectivity index (χ3n) is 5.68. The lowest BCUT2D eigenvalue weighted by atomic mass is 9.96. The normalized spacial score (nSPS) is 14.0. The van der Waals surface area contributed by atoms with Crippen molar-refractivity contribution in [1.29, 1.82) is 0 Å². The Morgan fingerprint density at radius 1 is 1.06 bits per heavy atom. The van der Waals surface area contributed by atoms with Crippen molar-refractivity contribution in [1.82, 2.24) is 10.2 Å². The Bertz CT molecular complexity index is 951. The first kappa shape index (κ1) is 23.3. The molecule has 2 aromatic rings. The number of methoxy groups -OCH3 is 1. The summed E-state index contributed by atoms with van der Waals surface area (Å²) in [6.07, 6.45) is 2.83. The number of para-hydroxylation sites is 1. The molecule has 0 saturated carbocycles. The fraction of sp³-hybridized carbons (Fsp3) is 0.400. The Hall–Kier alpha value is -3.35. The zero-order chi connectivity index (χ0) is 22.9. The predicted molar refractivity (Wildman–Crippen MR) is 121 cm³/mol. The van der Waals surface area contributed by atoms with Gasteiger partial charge in [0.2, 0.25) is 5.91 Å². The number of esters is 1. The van der Waals surface area contributed by atoms with Crippen LogP contribution >= 0.6 is 0 Å². The number of piperidine rings is 1. The molecule has 0 atom stereocenters. The SMILES string of the molecule is COc1ccccc1CCC(=O)N1CCC(CNC(=O)c2cccc(OC(C)=O)c2)CC1. The highest BCUT2D eigenvalue weighted by Gasteiger charge is 2.23. The van der Waals surface area contributed by atoms with Crippen LogP contribution < -0.4 is 14.8 Å². The van der Waals surface area contributed by atoms with Crippen LogP contribution in [0.15, 0.2) is 48.5 Å². The monoisotopic (exact) mass is 438 g/mol. The van der Waals surface area contributed by atoms with Gasteiger partial charge in [0.1, 0.15) is 11.5 Å². The van der Waals surface area contributed by atoms with E-state index >= 15 is 0 Å². The Morgan fingerprint density at radius 2 is 1.81 bits per heavy atom. The molecule has 3 rings (SSSR count). The van der Waals surface area contributed by atoms with E-state index in [0.717, 1.165) is 24.2 Å². The first-order chi connectivity index (χ1) is 15.5. The lowest BCUT2D eigenvalue weighted by Gasteiger charge is -2.32. The first-order valence-electron chi connectivity index (χ1n) is 10.9. The molecule has 2 amide bonds. The van der Waals surface area contributed by atoms with Gasteiger partial charge in [0.05, 0.1) is 7.11 Å². The number of benzene rings is 2. The maximum Gasteiger partial charge on any atom is 0.308 e. The minimum atomic E-state index is -0.424. The topological polar surface area (TPSA) is 84.9 Å². The van der Waals surface area contributed by atoms with Gasteiger partial charge in [-0.25, -0.2) is 0 Å². The summed E-state index contributed by atoms with van der Waals surface area (Å²) >= 11 is 0. The van der Waals surface area contributed by atoms with E-state index in [2.05, 4.69) is 5.32 Å². The number of hydrogen-bond donors (Lipinski definition) is 1. The predicted octanol–water partition coefficient (Wildman–Crippen LogP) is 3.22. The first-order valence-corrected chi connectivity index (χ1v) is 10.9. The van der Waals surface area contributed by atoms with E-state index in [0.29, 0.717) is 49.7 Å². The van der Waals surface area contributed by atoms with Crippen molar-refractivity contribution in [3.05, 3.63) is 59.7 Å². The number of carbonyl (C=O) groups is 3. The summed E-state index contributed by atoms with van der Waals surface area (Å²) in [7, 11) is 1.64. The van der Waals surface area contributed by atoms with E-state index in [-0.39, 0.29) is 11.8 Å². The van der Waals surface area contributed by atoms with Gasteiger partial charge < -0.3 is 19.7 Å². The lowest BCUT2D eigenvalue weighted by Crippen LogP contribution is -2.41. The second-order valence-corrected chi connectivity index (χ2v) is 7.97. The van der Waals surface area contributed by atoms with Crippen molar-refractivity contribution in [2.24, 2.45) is 5.92 Å². The second-order valence-electron chi connectivity index (χ2n) is 7.97. The maximum atomic E-state index is 12.6. The quantitative estimate of drug-likeness (QED) is 0.505. The summed E-state index contributed by atoms with van der Waals surface area (Å²) in [5.41, 5.74) is 1.49. The Morgan fingerprint density at radius 3 is 2.53 bits per heavy atom. The summed E-state index contributed by atoms with van der Waals surface area (Å²) in [6.45, 7) is 3.28. The van der Waals surface area contributed by atoms with Crippen LogP contribution in [0, 0.1) is 5.92 Å². The fourth-order valence-electron chi connectivity index (χ4n) is 3.90. The molecule has 1 saturated heterocycles. The third-order valence-corrected chi connectivity index (χ3v) is 5.68. The van der Waals surface area contributed by atoms with Crippen molar-refractivity contribution in [3.8, 4) is 11.5 Å². The number of amides is 2. The third kappa shape index (κ3) is 6.57. The highest BCUT2D eigenvalue weighted by Crippen LogP contribution is 2.21.